The fourth-order valence-electron chi connectivity index (χ4n) is 7.58. The molecule has 3 aromatic carbocycles. The van der Waals surface area contributed by atoms with E-state index in [1.54, 1.807) is 39.0 Å². The first-order valence-electron chi connectivity index (χ1n) is 19.9. The van der Waals surface area contributed by atoms with E-state index in [1.165, 1.54) is 0 Å². The number of ether oxygens (including phenoxy) is 4. The molecule has 3 heterocycles. The summed E-state index contributed by atoms with van der Waals surface area (Å²) in [7, 11) is 1.89. The molecule has 14 nitrogen and oxygen atoms in total. The van der Waals surface area contributed by atoms with Gasteiger partial charge in [-0.2, -0.15) is 10.2 Å². The molecule has 1 unspecified atom stereocenters. The summed E-state index contributed by atoms with van der Waals surface area (Å²) in [6.07, 6.45) is 1.06. The number of anilines is 1. The first kappa shape index (κ1) is 43.4. The minimum atomic E-state index is -1.39. The first-order chi connectivity index (χ1) is 28.4. The van der Waals surface area contributed by atoms with Crippen LogP contribution in [0.2, 0.25) is 0 Å². The van der Waals surface area contributed by atoms with Crippen LogP contribution in [0.1, 0.15) is 77.3 Å². The topological polar surface area (TPSA) is 166 Å². The van der Waals surface area contributed by atoms with Gasteiger partial charge in [0.2, 0.25) is 11.9 Å². The molecule has 2 N–H and O–H groups in total. The number of benzene rings is 3. The molecule has 2 aromatic heterocycles. The number of nitriles is 1. The Hall–Kier alpha value is -5.16. The molecule has 0 spiro atoms. The highest BCUT2D eigenvalue weighted by Crippen LogP contribution is 2.57. The zero-order valence-electron chi connectivity index (χ0n) is 34.9. The lowest BCUT2D eigenvalue weighted by Crippen LogP contribution is -2.41. The standard InChI is InChI=1S/C44H54N7O7P/c1-28(2)41(52)48-43-47-40-39(42(53)49-43)46-27-50(40)38-25-37(59(57-24-12-23-45)51(29(3)4)30(5)6)36(58-38)26-56-44(31-13-10-9-11-14-31,32-15-19-34(54-7)20-16-32)33-17-21-35(55-8)22-18-33/h9-11,13-22,27-30,36-38H,12,24-26H2,1-8H3,(H2,47,48,49,52,53)/t36-,37+,38-,59?/m1/s1. The van der Waals surface area contributed by atoms with Gasteiger partial charge in [0.25, 0.3) is 5.56 Å². The second-order valence-electron chi connectivity index (χ2n) is 15.2. The predicted molar refractivity (Wildman–Crippen MR) is 227 cm³/mol. The summed E-state index contributed by atoms with van der Waals surface area (Å²) < 4.78 is 36.4. The third-order valence-electron chi connectivity index (χ3n) is 10.4. The van der Waals surface area contributed by atoms with Gasteiger partial charge in [0.05, 0.1) is 58.0 Å². The quantitative estimate of drug-likeness (QED) is 0.0504. The van der Waals surface area contributed by atoms with Crippen molar-refractivity contribution in [3.8, 4) is 17.6 Å². The molecule has 0 saturated carbocycles. The molecule has 59 heavy (non-hydrogen) atoms. The highest BCUT2D eigenvalue weighted by atomic mass is 31.2. The fraction of sp³-hybridized carbons (Fsp3) is 0.432. The highest BCUT2D eigenvalue weighted by Gasteiger charge is 2.48. The molecule has 0 bridgehead atoms. The lowest BCUT2D eigenvalue weighted by molar-refractivity contribution is -0.118. The second kappa shape index (κ2) is 19.3. The summed E-state index contributed by atoms with van der Waals surface area (Å²) in [6.45, 7) is 12.5. The zero-order valence-corrected chi connectivity index (χ0v) is 35.8. The van der Waals surface area contributed by atoms with Crippen LogP contribution in [-0.2, 0) is 24.4 Å². The summed E-state index contributed by atoms with van der Waals surface area (Å²) in [5.74, 6) is 0.830. The number of amides is 1. The number of H-pyrrole nitrogens is 1. The molecule has 1 amide bonds. The number of aromatic nitrogens is 4. The summed E-state index contributed by atoms with van der Waals surface area (Å²) >= 11 is 0. The van der Waals surface area contributed by atoms with Crippen molar-refractivity contribution >= 4 is 31.3 Å². The lowest BCUT2D eigenvalue weighted by atomic mass is 9.80. The Bertz CT molecular complexity index is 2200. The summed E-state index contributed by atoms with van der Waals surface area (Å²) in [5, 5.41) is 12.3. The number of nitrogens with zero attached hydrogens (tertiary/aromatic N) is 5. The van der Waals surface area contributed by atoms with Crippen LogP contribution in [0.3, 0.4) is 0 Å². The maximum absolute atomic E-state index is 13.3. The molecular formula is C44H54N7O7P. The molecule has 4 atom stereocenters. The molecule has 15 heteroatoms. The molecule has 6 rings (SSSR count). The van der Waals surface area contributed by atoms with Crippen LogP contribution in [0.5, 0.6) is 11.5 Å². The smallest absolute Gasteiger partial charge is 0.280 e. The van der Waals surface area contributed by atoms with Gasteiger partial charge in [0, 0.05) is 24.4 Å². The number of carbonyl (C=O) groups excluding carboxylic acids is 1. The lowest BCUT2D eigenvalue weighted by Gasteiger charge is -2.42. The van der Waals surface area contributed by atoms with Gasteiger partial charge in [-0.15, -0.1) is 0 Å². The van der Waals surface area contributed by atoms with Crippen molar-refractivity contribution in [1.29, 1.82) is 5.26 Å². The van der Waals surface area contributed by atoms with Gasteiger partial charge in [0.15, 0.2) is 11.2 Å². The molecule has 0 radical (unpaired) electrons. The number of hydrogen-bond donors (Lipinski definition) is 2. The van der Waals surface area contributed by atoms with E-state index < -0.39 is 31.8 Å². The Balaban J connectivity index is 1.48. The molecule has 1 saturated heterocycles. The highest BCUT2D eigenvalue weighted by molar-refractivity contribution is 7.51. The Morgan fingerprint density at radius 2 is 1.56 bits per heavy atom. The van der Waals surface area contributed by atoms with Crippen LogP contribution in [0.25, 0.3) is 11.2 Å². The third kappa shape index (κ3) is 9.35. The number of imidazole rings is 1. The fourth-order valence-corrected chi connectivity index (χ4v) is 10.2. The molecule has 5 aromatic rings. The molecule has 0 aliphatic carbocycles. The van der Waals surface area contributed by atoms with Crippen LogP contribution in [0, 0.1) is 17.2 Å². The van der Waals surface area contributed by atoms with Crippen LogP contribution >= 0.6 is 8.30 Å². The maximum atomic E-state index is 13.3. The van der Waals surface area contributed by atoms with Crippen molar-refractivity contribution in [1.82, 2.24) is 24.2 Å². The van der Waals surface area contributed by atoms with Crippen molar-refractivity contribution in [3.05, 3.63) is 112 Å². The van der Waals surface area contributed by atoms with E-state index in [9.17, 15) is 14.9 Å². The predicted octanol–water partition coefficient (Wildman–Crippen LogP) is 7.76. The van der Waals surface area contributed by atoms with E-state index in [-0.39, 0.29) is 66.3 Å². The summed E-state index contributed by atoms with van der Waals surface area (Å²) in [6, 6.07) is 28.3. The van der Waals surface area contributed by atoms with Crippen LogP contribution in [0.4, 0.5) is 5.95 Å². The minimum Gasteiger partial charge on any atom is -0.497 e. The van der Waals surface area contributed by atoms with Gasteiger partial charge >= 0.3 is 0 Å². The number of methoxy groups -OCH3 is 2. The number of hydrogen-bond acceptors (Lipinski definition) is 11. The maximum Gasteiger partial charge on any atom is 0.280 e. The minimum absolute atomic E-state index is 0.0249. The zero-order chi connectivity index (χ0) is 42.3. The van der Waals surface area contributed by atoms with Crippen molar-refractivity contribution < 1.29 is 28.3 Å². The monoisotopic (exact) mass is 823 g/mol. The van der Waals surface area contributed by atoms with Crippen LogP contribution < -0.4 is 20.3 Å². The van der Waals surface area contributed by atoms with Gasteiger partial charge in [-0.3, -0.25) is 29.1 Å². The van der Waals surface area contributed by atoms with E-state index in [0.29, 0.717) is 17.9 Å². The van der Waals surface area contributed by atoms with Gasteiger partial charge < -0.3 is 23.5 Å². The summed E-state index contributed by atoms with van der Waals surface area (Å²) in [5.41, 5.74) is 1.20. The van der Waals surface area contributed by atoms with Gasteiger partial charge in [0.1, 0.15) is 31.6 Å². The van der Waals surface area contributed by atoms with Crippen molar-refractivity contribution in [3.63, 3.8) is 0 Å². The number of aromatic amines is 1. The summed E-state index contributed by atoms with van der Waals surface area (Å²) in [4.78, 5) is 37.6. The Labute approximate surface area is 346 Å². The van der Waals surface area contributed by atoms with E-state index in [0.717, 1.165) is 16.7 Å². The largest absolute Gasteiger partial charge is 0.497 e. The molecular weight excluding hydrogens is 769 g/mol. The number of fused-ring (bicyclic) bond motifs is 1. The van der Waals surface area contributed by atoms with Gasteiger partial charge in [-0.25, -0.2) is 4.98 Å². The molecule has 1 aliphatic heterocycles. The Morgan fingerprint density at radius 3 is 2.10 bits per heavy atom. The molecule has 312 valence electrons. The number of rotatable bonds is 18. The SMILES string of the molecule is COc1ccc(C(OC[C@H]2O[C@@H](n3cnc4c(=O)[nH]c(NC(=O)C(C)C)nc43)C[C@@H]2P(OCCC#N)N(C(C)C)C(C)C)(c2ccccc2)c2ccc(OC)cc2)cc1. The average Bonchev–Trinajstić information content (AvgIpc) is 3.86. The van der Waals surface area contributed by atoms with Crippen LogP contribution in [-0.4, -0.2) is 81.4 Å². The second-order valence-corrected chi connectivity index (χ2v) is 17.2. The first-order valence-corrected chi connectivity index (χ1v) is 21.2. The van der Waals surface area contributed by atoms with Gasteiger partial charge in [-0.05, 0) is 68.7 Å². The van der Waals surface area contributed by atoms with E-state index in [1.807, 2.05) is 66.7 Å². The molecule has 1 aliphatic rings. The normalized spacial score (nSPS) is 17.5. The van der Waals surface area contributed by atoms with Crippen molar-refractivity contribution in [2.24, 2.45) is 5.92 Å². The van der Waals surface area contributed by atoms with Crippen LogP contribution in [0.15, 0.2) is 90.0 Å². The number of nitrogens with one attached hydrogen (secondary N) is 2. The van der Waals surface area contributed by atoms with Gasteiger partial charge in [-0.1, -0.05) is 68.4 Å². The Kier molecular flexibility index (Phi) is 14.2. The Morgan fingerprint density at radius 1 is 0.966 bits per heavy atom. The van der Waals surface area contributed by atoms with E-state index >= 15 is 0 Å². The third-order valence-corrected chi connectivity index (χ3v) is 13.3. The average molecular weight is 824 g/mol. The molecule has 1 fully saturated rings. The van der Waals surface area contributed by atoms with Crippen molar-refractivity contribution in [2.75, 3.05) is 32.8 Å². The van der Waals surface area contributed by atoms with E-state index in [2.05, 4.69) is 70.8 Å². The van der Waals surface area contributed by atoms with E-state index in [4.69, 9.17) is 23.5 Å². The number of carbonyl (C=O) groups is 1. The van der Waals surface area contributed by atoms with Crippen molar-refractivity contribution in [2.45, 2.75) is 90.1 Å².